The molecule has 0 radical (unpaired) electrons. The van der Waals surface area contributed by atoms with Gasteiger partial charge in [-0.15, -0.1) is 11.3 Å². The number of aromatic nitrogens is 1. The Kier molecular flexibility index (Phi) is 3.63. The lowest BCUT2D eigenvalue weighted by Crippen LogP contribution is -2.49. The molecule has 1 aromatic heterocycles. The molecule has 1 amide bonds. The van der Waals surface area contributed by atoms with E-state index in [2.05, 4.69) is 17.3 Å². The Morgan fingerprint density at radius 2 is 2.43 bits per heavy atom. The first-order valence-corrected chi connectivity index (χ1v) is 7.84. The molecule has 21 heavy (non-hydrogen) atoms. The fourth-order valence-electron chi connectivity index (χ4n) is 2.86. The van der Waals surface area contributed by atoms with Crippen molar-refractivity contribution in [1.82, 2.24) is 15.4 Å². The average molecular weight is 304 g/mol. The van der Waals surface area contributed by atoms with Gasteiger partial charge in [0, 0.05) is 6.54 Å². The van der Waals surface area contributed by atoms with E-state index in [1.807, 2.05) is 23.7 Å². The fourth-order valence-corrected chi connectivity index (χ4v) is 3.52. The number of aldehydes is 1. The van der Waals surface area contributed by atoms with E-state index in [1.165, 1.54) is 0 Å². The number of nitrogens with one attached hydrogen (secondary N) is 1. The van der Waals surface area contributed by atoms with Crippen LogP contribution < -0.4 is 5.43 Å². The molecule has 1 aliphatic heterocycles. The minimum Gasteiger partial charge on any atom is -0.292 e. The summed E-state index contributed by atoms with van der Waals surface area (Å²) in [6.45, 7) is 2.78. The van der Waals surface area contributed by atoms with Gasteiger partial charge in [-0.1, -0.05) is 13.0 Å². The second kappa shape index (κ2) is 5.91. The monoisotopic (exact) mass is 304 g/mol. The summed E-state index contributed by atoms with van der Waals surface area (Å²) in [5, 5.41) is 1.79. The first-order chi connectivity index (χ1) is 10.5. The molecule has 0 aliphatic carbocycles. The van der Waals surface area contributed by atoms with Crippen molar-refractivity contribution < 1.29 is 11.0 Å². The molecule has 0 saturated carbocycles. The summed E-state index contributed by atoms with van der Waals surface area (Å²) in [7, 11) is 0. The molecule has 3 rings (SSSR count). The van der Waals surface area contributed by atoms with Crippen LogP contribution >= 0.6 is 11.3 Å². The van der Waals surface area contributed by atoms with Crippen molar-refractivity contribution in [3.8, 4) is 0 Å². The number of benzene rings is 1. The summed E-state index contributed by atoms with van der Waals surface area (Å²) < 4.78 is 8.05. The van der Waals surface area contributed by atoms with Crippen LogP contribution in [0.5, 0.6) is 0 Å². The Balaban J connectivity index is 1.87. The Morgan fingerprint density at radius 1 is 1.57 bits per heavy atom. The number of fused-ring (bicyclic) bond motifs is 1. The molecule has 1 fully saturated rings. The third-order valence-electron chi connectivity index (χ3n) is 3.89. The molecular formula is C15H17N3O2S. The molecule has 1 saturated heterocycles. The molecular weight excluding hydrogens is 286 g/mol. The van der Waals surface area contributed by atoms with Crippen LogP contribution in [0.4, 0.5) is 0 Å². The molecule has 2 atom stereocenters. The molecule has 1 N–H and O–H groups in total. The van der Waals surface area contributed by atoms with E-state index >= 15 is 0 Å². The predicted molar refractivity (Wildman–Crippen MR) is 81.7 cm³/mol. The summed E-state index contributed by atoms with van der Waals surface area (Å²) in [5.41, 5.74) is 6.41. The van der Waals surface area contributed by atoms with Gasteiger partial charge in [0.1, 0.15) is 1.37 Å². The van der Waals surface area contributed by atoms with E-state index in [4.69, 9.17) is 1.37 Å². The topological polar surface area (TPSA) is 62.3 Å². The molecule has 2 aromatic rings. The SMILES string of the molecule is [2H]C(=O)C(=O)NN1C[C@@H](C)CC[C@@H]1c1ccc2scnc2c1. The number of nitrogens with zero attached hydrogens (tertiary/aromatic N) is 2. The Bertz CT molecular complexity index is 718. The van der Waals surface area contributed by atoms with Crippen LogP contribution in [-0.2, 0) is 9.59 Å². The van der Waals surface area contributed by atoms with Crippen molar-refractivity contribution in [1.29, 1.82) is 0 Å². The van der Waals surface area contributed by atoms with Gasteiger partial charge in [0.2, 0.25) is 6.26 Å². The van der Waals surface area contributed by atoms with Crippen LogP contribution in [0.2, 0.25) is 0 Å². The van der Waals surface area contributed by atoms with E-state index in [0.29, 0.717) is 12.5 Å². The van der Waals surface area contributed by atoms with E-state index in [-0.39, 0.29) is 6.04 Å². The highest BCUT2D eigenvalue weighted by Crippen LogP contribution is 2.33. The van der Waals surface area contributed by atoms with Crippen LogP contribution in [-0.4, -0.2) is 28.7 Å². The third kappa shape index (κ3) is 2.96. The molecule has 0 unspecified atom stereocenters. The number of thiazole rings is 1. The molecule has 5 nitrogen and oxygen atoms in total. The molecule has 0 spiro atoms. The van der Waals surface area contributed by atoms with Crippen LogP contribution in [0, 0.1) is 5.92 Å². The first kappa shape index (κ1) is 12.9. The van der Waals surface area contributed by atoms with Gasteiger partial charge in [-0.3, -0.25) is 15.0 Å². The van der Waals surface area contributed by atoms with E-state index < -0.39 is 12.2 Å². The standard InChI is InChI=1S/C15H17N3O2S/c1-10-2-4-13(18(7-10)17-15(20)8-19)11-3-5-14-12(6-11)16-9-21-14/h3,5-6,8-10,13H,2,4,7H2,1H3,(H,17,20)/t10-,13+/m0/s1/i8D. The quantitative estimate of drug-likeness (QED) is 0.698. The predicted octanol–water partition coefficient (Wildman–Crippen LogP) is 2.30. The zero-order chi connectivity index (χ0) is 15.7. The van der Waals surface area contributed by atoms with Gasteiger partial charge in [0.25, 0.3) is 5.91 Å². The second-order valence-corrected chi connectivity index (χ2v) is 6.36. The number of amides is 1. The lowest BCUT2D eigenvalue weighted by atomic mass is 9.91. The fraction of sp³-hybridized carbons (Fsp3) is 0.400. The molecule has 6 heteroatoms. The average Bonchev–Trinajstić information content (AvgIpc) is 2.94. The van der Waals surface area contributed by atoms with Gasteiger partial charge in [-0.2, -0.15) is 0 Å². The molecule has 110 valence electrons. The summed E-state index contributed by atoms with van der Waals surface area (Å²) in [6, 6.07) is 6.12. The van der Waals surface area contributed by atoms with Crippen LogP contribution in [0.3, 0.4) is 0 Å². The normalized spacial score (nSPS) is 23.8. The van der Waals surface area contributed by atoms with Crippen molar-refractivity contribution in [3.63, 3.8) is 0 Å². The first-order valence-electron chi connectivity index (χ1n) is 7.46. The van der Waals surface area contributed by atoms with Crippen molar-refractivity contribution >= 4 is 33.7 Å². The highest BCUT2D eigenvalue weighted by atomic mass is 32.1. The number of carbonyl (C=O) groups is 2. The maximum Gasteiger partial charge on any atom is 0.298 e. The lowest BCUT2D eigenvalue weighted by Gasteiger charge is -2.38. The maximum absolute atomic E-state index is 11.6. The molecule has 1 aromatic carbocycles. The van der Waals surface area contributed by atoms with E-state index in [0.717, 1.165) is 28.6 Å². The van der Waals surface area contributed by atoms with Gasteiger partial charge in [0.15, 0.2) is 0 Å². The zero-order valence-corrected chi connectivity index (χ0v) is 12.5. The Morgan fingerprint density at radius 3 is 3.24 bits per heavy atom. The summed E-state index contributed by atoms with van der Waals surface area (Å²) >= 11 is 1.59. The molecule has 1 aliphatic rings. The molecule has 0 bridgehead atoms. The van der Waals surface area contributed by atoms with Gasteiger partial charge in [0.05, 0.1) is 21.8 Å². The zero-order valence-electron chi connectivity index (χ0n) is 12.7. The third-order valence-corrected chi connectivity index (χ3v) is 4.70. The van der Waals surface area contributed by atoms with Crippen LogP contribution in [0.15, 0.2) is 23.7 Å². The second-order valence-electron chi connectivity index (χ2n) is 5.47. The van der Waals surface area contributed by atoms with Gasteiger partial charge in [-0.25, -0.2) is 9.99 Å². The van der Waals surface area contributed by atoms with E-state index in [9.17, 15) is 9.59 Å². The minimum absolute atomic E-state index is 0.00519. The smallest absolute Gasteiger partial charge is 0.292 e. The van der Waals surface area contributed by atoms with E-state index in [1.54, 1.807) is 16.3 Å². The van der Waals surface area contributed by atoms with Crippen molar-refractivity contribution in [2.75, 3.05) is 6.54 Å². The van der Waals surface area contributed by atoms with Crippen molar-refractivity contribution in [3.05, 3.63) is 29.3 Å². The number of rotatable bonds is 3. The number of hydrazine groups is 1. The number of hydrogen-bond acceptors (Lipinski definition) is 5. The van der Waals surface area contributed by atoms with Crippen molar-refractivity contribution in [2.45, 2.75) is 25.8 Å². The largest absolute Gasteiger partial charge is 0.298 e. The lowest BCUT2D eigenvalue weighted by molar-refractivity contribution is -0.136. The highest BCUT2D eigenvalue weighted by Gasteiger charge is 2.28. The Hall–Kier alpha value is -1.79. The van der Waals surface area contributed by atoms with Gasteiger partial charge < -0.3 is 0 Å². The van der Waals surface area contributed by atoms with Gasteiger partial charge >= 0.3 is 0 Å². The molecule has 2 heterocycles. The maximum atomic E-state index is 11.6. The number of piperidine rings is 1. The Labute approximate surface area is 128 Å². The van der Waals surface area contributed by atoms with Crippen molar-refractivity contribution in [2.24, 2.45) is 5.92 Å². The van der Waals surface area contributed by atoms with Gasteiger partial charge in [-0.05, 0) is 36.5 Å². The number of hydrogen-bond donors (Lipinski definition) is 1. The van der Waals surface area contributed by atoms with Crippen LogP contribution in [0.1, 0.15) is 32.7 Å². The summed E-state index contributed by atoms with van der Waals surface area (Å²) in [4.78, 5) is 26.8. The van der Waals surface area contributed by atoms with Crippen LogP contribution in [0.25, 0.3) is 10.2 Å². The minimum atomic E-state index is -1.22. The summed E-state index contributed by atoms with van der Waals surface area (Å²) in [6.07, 6.45) is 0.733. The summed E-state index contributed by atoms with van der Waals surface area (Å²) in [5.74, 6) is -0.450. The number of carbonyl (C=O) groups excluding carboxylic acids is 2. The highest BCUT2D eigenvalue weighted by molar-refractivity contribution is 7.16.